The number of benzene rings is 1. The summed E-state index contributed by atoms with van der Waals surface area (Å²) in [5, 5.41) is 2.95. The zero-order valence-electron chi connectivity index (χ0n) is 16.8. The average molecular weight is 374 g/mol. The first-order chi connectivity index (χ1) is 12.8. The second-order valence-electron chi connectivity index (χ2n) is 7.37. The smallest absolute Gasteiger partial charge is 0.260 e. The second kappa shape index (κ2) is 9.53. The molecule has 2 rings (SSSR count). The van der Waals surface area contributed by atoms with Crippen LogP contribution in [0, 0.1) is 20.8 Å². The number of carbonyl (C=O) groups excluding carboxylic acids is 3. The molecular formula is C21H30N2O4. The molecule has 1 aliphatic rings. The largest absolute Gasteiger partial charge is 0.483 e. The predicted molar refractivity (Wildman–Crippen MR) is 104 cm³/mol. The van der Waals surface area contributed by atoms with Crippen molar-refractivity contribution in [3.63, 3.8) is 0 Å². The summed E-state index contributed by atoms with van der Waals surface area (Å²) in [6.07, 6.45) is 1.95. The van der Waals surface area contributed by atoms with E-state index in [0.29, 0.717) is 13.1 Å². The molecule has 0 saturated carbocycles. The quantitative estimate of drug-likeness (QED) is 0.795. The highest BCUT2D eigenvalue weighted by atomic mass is 16.5. The van der Waals surface area contributed by atoms with Crippen LogP contribution in [0.3, 0.4) is 0 Å². The van der Waals surface area contributed by atoms with Crippen LogP contribution >= 0.6 is 0 Å². The van der Waals surface area contributed by atoms with Gasteiger partial charge in [0.05, 0.1) is 0 Å². The summed E-state index contributed by atoms with van der Waals surface area (Å²) in [5.74, 6) is 0.681. The Morgan fingerprint density at radius 3 is 2.33 bits per heavy atom. The lowest BCUT2D eigenvalue weighted by Gasteiger charge is -2.32. The van der Waals surface area contributed by atoms with Crippen molar-refractivity contribution in [3.05, 3.63) is 28.8 Å². The lowest BCUT2D eigenvalue weighted by molar-refractivity contribution is -0.134. The molecule has 0 radical (unpaired) electrons. The molecule has 1 aromatic carbocycles. The Kier molecular flexibility index (Phi) is 7.39. The maximum atomic E-state index is 12.5. The molecule has 2 amide bonds. The van der Waals surface area contributed by atoms with E-state index in [9.17, 15) is 14.4 Å². The Balaban J connectivity index is 1.78. The van der Waals surface area contributed by atoms with Crippen molar-refractivity contribution in [1.82, 2.24) is 10.2 Å². The molecule has 0 unspecified atom stereocenters. The molecule has 0 aromatic heterocycles. The molecule has 1 saturated heterocycles. The number of ketones is 1. The molecular weight excluding hydrogens is 344 g/mol. The first kappa shape index (κ1) is 20.9. The van der Waals surface area contributed by atoms with Crippen molar-refractivity contribution in [2.75, 3.05) is 19.7 Å². The van der Waals surface area contributed by atoms with Crippen LogP contribution in [-0.2, 0) is 14.4 Å². The minimum Gasteiger partial charge on any atom is -0.483 e. The number of rotatable bonds is 7. The van der Waals surface area contributed by atoms with Gasteiger partial charge in [-0.1, -0.05) is 12.1 Å². The Bertz CT molecular complexity index is 706. The maximum Gasteiger partial charge on any atom is 0.260 e. The van der Waals surface area contributed by atoms with Gasteiger partial charge in [-0.3, -0.25) is 9.59 Å². The van der Waals surface area contributed by atoms with Crippen LogP contribution in [0.4, 0.5) is 0 Å². The molecule has 1 fully saturated rings. The fourth-order valence-electron chi connectivity index (χ4n) is 3.24. The van der Waals surface area contributed by atoms with Gasteiger partial charge >= 0.3 is 0 Å². The summed E-state index contributed by atoms with van der Waals surface area (Å²) in [6, 6.07) is 4.12. The number of hydrogen-bond acceptors (Lipinski definition) is 4. The minimum absolute atomic E-state index is 0.0182. The fraction of sp³-hybridized carbons (Fsp3) is 0.571. The molecule has 27 heavy (non-hydrogen) atoms. The minimum atomic E-state index is -0.0938. The monoisotopic (exact) mass is 374 g/mol. The molecule has 0 bridgehead atoms. The first-order valence-corrected chi connectivity index (χ1v) is 9.54. The highest BCUT2D eigenvalue weighted by molar-refractivity contribution is 5.83. The summed E-state index contributed by atoms with van der Waals surface area (Å²) in [6.45, 7) is 8.73. The summed E-state index contributed by atoms with van der Waals surface area (Å²) < 4.78 is 5.82. The molecule has 0 aliphatic carbocycles. The maximum absolute atomic E-state index is 12.5. The summed E-state index contributed by atoms with van der Waals surface area (Å²) in [7, 11) is 0. The number of aryl methyl sites for hydroxylation is 2. The number of ether oxygens (including phenoxy) is 1. The zero-order chi connectivity index (χ0) is 20.0. The van der Waals surface area contributed by atoms with E-state index in [1.165, 1.54) is 6.92 Å². The third-order valence-corrected chi connectivity index (χ3v) is 5.13. The Morgan fingerprint density at radius 2 is 1.70 bits per heavy atom. The third-order valence-electron chi connectivity index (χ3n) is 5.13. The van der Waals surface area contributed by atoms with Gasteiger partial charge in [-0.05, 0) is 57.2 Å². The van der Waals surface area contributed by atoms with Gasteiger partial charge in [-0.2, -0.15) is 0 Å². The number of nitrogens with one attached hydrogen (secondary N) is 1. The van der Waals surface area contributed by atoms with E-state index in [0.717, 1.165) is 35.3 Å². The highest BCUT2D eigenvalue weighted by Crippen LogP contribution is 2.25. The van der Waals surface area contributed by atoms with Crippen LogP contribution in [0.2, 0.25) is 0 Å². The number of piperidine rings is 1. The fourth-order valence-corrected chi connectivity index (χ4v) is 3.24. The topological polar surface area (TPSA) is 75.7 Å². The molecule has 0 atom stereocenters. The molecule has 1 heterocycles. The SMILES string of the molecule is CC(=O)CCC(=O)NC1CCN(C(=O)COc2c(C)ccc(C)c2C)CC1. The lowest BCUT2D eigenvalue weighted by atomic mass is 10.0. The van der Waals surface area contributed by atoms with Gasteiger partial charge in [0.25, 0.3) is 5.91 Å². The van der Waals surface area contributed by atoms with Crippen LogP contribution in [0.25, 0.3) is 0 Å². The van der Waals surface area contributed by atoms with Gasteiger partial charge in [-0.15, -0.1) is 0 Å². The van der Waals surface area contributed by atoms with Crippen LogP contribution in [0.5, 0.6) is 5.75 Å². The lowest BCUT2D eigenvalue weighted by Crippen LogP contribution is -2.47. The number of amides is 2. The summed E-state index contributed by atoms with van der Waals surface area (Å²) in [4.78, 5) is 37.0. The second-order valence-corrected chi connectivity index (χ2v) is 7.37. The highest BCUT2D eigenvalue weighted by Gasteiger charge is 2.24. The van der Waals surface area contributed by atoms with Crippen molar-refractivity contribution < 1.29 is 19.1 Å². The van der Waals surface area contributed by atoms with E-state index < -0.39 is 0 Å². The zero-order valence-corrected chi connectivity index (χ0v) is 16.8. The van der Waals surface area contributed by atoms with Crippen LogP contribution in [-0.4, -0.2) is 48.2 Å². The molecule has 148 valence electrons. The third kappa shape index (κ3) is 6.08. The van der Waals surface area contributed by atoms with E-state index in [2.05, 4.69) is 11.4 Å². The molecule has 0 spiro atoms. The van der Waals surface area contributed by atoms with Gasteiger partial charge in [0, 0.05) is 32.0 Å². The molecule has 6 heteroatoms. The van der Waals surface area contributed by atoms with Gasteiger partial charge in [-0.25, -0.2) is 0 Å². The van der Waals surface area contributed by atoms with E-state index in [1.807, 2.05) is 26.8 Å². The van der Waals surface area contributed by atoms with Gasteiger partial charge in [0.15, 0.2) is 6.61 Å². The molecule has 6 nitrogen and oxygen atoms in total. The summed E-state index contributed by atoms with van der Waals surface area (Å²) >= 11 is 0. The normalized spacial score (nSPS) is 14.7. The van der Waals surface area contributed by atoms with E-state index >= 15 is 0 Å². The van der Waals surface area contributed by atoms with Gasteiger partial charge in [0.2, 0.25) is 5.91 Å². The number of nitrogens with zero attached hydrogens (tertiary/aromatic N) is 1. The van der Waals surface area contributed by atoms with Crippen molar-refractivity contribution in [3.8, 4) is 5.75 Å². The Morgan fingerprint density at radius 1 is 1.07 bits per heavy atom. The predicted octanol–water partition coefficient (Wildman–Crippen LogP) is 2.47. The number of likely N-dealkylation sites (tertiary alicyclic amines) is 1. The first-order valence-electron chi connectivity index (χ1n) is 9.54. The number of hydrogen-bond donors (Lipinski definition) is 1. The molecule has 1 aromatic rings. The average Bonchev–Trinajstić information content (AvgIpc) is 2.63. The molecule has 1 aliphatic heterocycles. The van der Waals surface area contributed by atoms with Crippen molar-refractivity contribution in [2.24, 2.45) is 0 Å². The van der Waals surface area contributed by atoms with Gasteiger partial charge < -0.3 is 19.7 Å². The van der Waals surface area contributed by atoms with Gasteiger partial charge in [0.1, 0.15) is 11.5 Å². The van der Waals surface area contributed by atoms with E-state index in [1.54, 1.807) is 4.90 Å². The van der Waals surface area contributed by atoms with Crippen molar-refractivity contribution in [1.29, 1.82) is 0 Å². The van der Waals surface area contributed by atoms with E-state index in [4.69, 9.17) is 4.74 Å². The van der Waals surface area contributed by atoms with Crippen LogP contribution < -0.4 is 10.1 Å². The Hall–Kier alpha value is -2.37. The summed E-state index contributed by atoms with van der Waals surface area (Å²) in [5.41, 5.74) is 3.23. The van der Waals surface area contributed by atoms with Crippen LogP contribution in [0.1, 0.15) is 49.3 Å². The van der Waals surface area contributed by atoms with E-state index in [-0.39, 0.29) is 43.1 Å². The van der Waals surface area contributed by atoms with Crippen molar-refractivity contribution in [2.45, 2.75) is 59.4 Å². The molecule has 1 N–H and O–H groups in total. The van der Waals surface area contributed by atoms with Crippen molar-refractivity contribution >= 4 is 17.6 Å². The van der Waals surface area contributed by atoms with Crippen LogP contribution in [0.15, 0.2) is 12.1 Å². The standard InChI is InChI=1S/C21H30N2O4/c1-14-5-6-15(2)21(17(14)4)27-13-20(26)23-11-9-18(10-12-23)22-19(25)8-7-16(3)24/h5-6,18H,7-13H2,1-4H3,(H,22,25). The number of Topliss-reactive ketones (excluding diaryl/α,β-unsaturated/α-hetero) is 1. The Labute approximate surface area is 161 Å². The number of carbonyl (C=O) groups is 3.